The maximum atomic E-state index is 12.1. The molecular weight excluding hydrogens is 344 g/mol. The average Bonchev–Trinajstić information content (AvgIpc) is 2.64. The lowest BCUT2D eigenvalue weighted by Crippen LogP contribution is -2.28. The number of fused-ring (bicyclic) bond motifs is 1. The van der Waals surface area contributed by atoms with Gasteiger partial charge in [-0.25, -0.2) is 9.59 Å². The topological polar surface area (TPSA) is 65.7 Å². The van der Waals surface area contributed by atoms with Gasteiger partial charge < -0.3 is 13.9 Å². The number of ether oxygens (including phenoxy) is 2. The van der Waals surface area contributed by atoms with Crippen molar-refractivity contribution in [3.63, 3.8) is 0 Å². The van der Waals surface area contributed by atoms with Gasteiger partial charge in [0.1, 0.15) is 11.3 Å². The number of rotatable bonds is 5. The highest BCUT2D eigenvalue weighted by Gasteiger charge is 2.20. The van der Waals surface area contributed by atoms with Crippen molar-refractivity contribution in [2.75, 3.05) is 0 Å². The molecule has 0 fully saturated rings. The lowest BCUT2D eigenvalue weighted by atomic mass is 10.00. The SMILES string of the molecule is Cc1c(O[C@H](C)C(=O)OC(C)C)ccc2c(-c3ccccc3)cc(=O)oc12. The van der Waals surface area contributed by atoms with Gasteiger partial charge in [-0.3, -0.25) is 0 Å². The highest BCUT2D eigenvalue weighted by Crippen LogP contribution is 2.33. The van der Waals surface area contributed by atoms with E-state index in [4.69, 9.17) is 13.9 Å². The number of esters is 1. The minimum atomic E-state index is -0.771. The zero-order chi connectivity index (χ0) is 19.6. The van der Waals surface area contributed by atoms with Gasteiger partial charge in [0.2, 0.25) is 0 Å². The molecule has 0 N–H and O–H groups in total. The van der Waals surface area contributed by atoms with Crippen LogP contribution in [0, 0.1) is 6.92 Å². The van der Waals surface area contributed by atoms with Crippen molar-refractivity contribution >= 4 is 16.9 Å². The number of hydrogen-bond donors (Lipinski definition) is 0. The molecule has 27 heavy (non-hydrogen) atoms. The summed E-state index contributed by atoms with van der Waals surface area (Å²) >= 11 is 0. The summed E-state index contributed by atoms with van der Waals surface area (Å²) in [7, 11) is 0. The molecule has 0 saturated carbocycles. The smallest absolute Gasteiger partial charge is 0.347 e. The molecule has 2 aromatic carbocycles. The van der Waals surface area contributed by atoms with Crippen LogP contribution < -0.4 is 10.4 Å². The van der Waals surface area contributed by atoms with Gasteiger partial charge in [0.15, 0.2) is 6.10 Å². The summed E-state index contributed by atoms with van der Waals surface area (Å²) in [5.74, 6) is 0.0352. The molecule has 0 amide bonds. The summed E-state index contributed by atoms with van der Waals surface area (Å²) < 4.78 is 16.4. The van der Waals surface area contributed by atoms with Crippen molar-refractivity contribution in [1.82, 2.24) is 0 Å². The number of hydrogen-bond acceptors (Lipinski definition) is 5. The van der Waals surface area contributed by atoms with Crippen LogP contribution in [0.1, 0.15) is 26.3 Å². The maximum Gasteiger partial charge on any atom is 0.347 e. The molecule has 3 aromatic rings. The monoisotopic (exact) mass is 366 g/mol. The molecule has 1 atom stereocenters. The first-order chi connectivity index (χ1) is 12.9. The second-order valence-corrected chi connectivity index (χ2v) is 6.66. The first kappa shape index (κ1) is 18.7. The van der Waals surface area contributed by atoms with Crippen LogP contribution in [0.4, 0.5) is 0 Å². The lowest BCUT2D eigenvalue weighted by Gasteiger charge is -2.18. The molecule has 0 bridgehead atoms. The molecule has 5 nitrogen and oxygen atoms in total. The predicted molar refractivity (Wildman–Crippen MR) is 104 cm³/mol. The van der Waals surface area contributed by atoms with Crippen molar-refractivity contribution in [3.05, 3.63) is 64.5 Å². The molecule has 0 saturated heterocycles. The zero-order valence-electron chi connectivity index (χ0n) is 15.8. The molecule has 3 rings (SSSR count). The van der Waals surface area contributed by atoms with E-state index in [1.54, 1.807) is 33.8 Å². The standard InChI is InChI=1S/C22H22O5/c1-13(2)25-22(24)15(4)26-19-11-10-17-18(16-8-6-5-7-9-16)12-20(23)27-21(17)14(19)3/h5-13,15H,1-4H3/t15-/m1/s1. The van der Waals surface area contributed by atoms with Crippen molar-refractivity contribution in [3.8, 4) is 16.9 Å². The largest absolute Gasteiger partial charge is 0.479 e. The third-order valence-electron chi connectivity index (χ3n) is 4.18. The third-order valence-corrected chi connectivity index (χ3v) is 4.18. The van der Waals surface area contributed by atoms with Gasteiger partial charge in [0.25, 0.3) is 0 Å². The fourth-order valence-corrected chi connectivity index (χ4v) is 2.89. The Morgan fingerprint density at radius 1 is 1.04 bits per heavy atom. The Morgan fingerprint density at radius 2 is 1.74 bits per heavy atom. The summed E-state index contributed by atoms with van der Waals surface area (Å²) in [5.41, 5.74) is 2.39. The van der Waals surface area contributed by atoms with E-state index in [-0.39, 0.29) is 6.10 Å². The molecule has 1 aromatic heterocycles. The van der Waals surface area contributed by atoms with Gasteiger partial charge >= 0.3 is 11.6 Å². The van der Waals surface area contributed by atoms with Gasteiger partial charge in [-0.05, 0) is 51.0 Å². The summed E-state index contributed by atoms with van der Waals surface area (Å²) in [5, 5.41) is 0.808. The second kappa shape index (κ2) is 7.66. The van der Waals surface area contributed by atoms with Gasteiger partial charge in [-0.2, -0.15) is 0 Å². The van der Waals surface area contributed by atoms with Crippen LogP contribution in [0.3, 0.4) is 0 Å². The highest BCUT2D eigenvalue weighted by atomic mass is 16.6. The molecule has 0 aliphatic heterocycles. The molecule has 140 valence electrons. The highest BCUT2D eigenvalue weighted by molar-refractivity contribution is 5.95. The second-order valence-electron chi connectivity index (χ2n) is 6.66. The molecule has 0 aliphatic rings. The normalized spacial score (nSPS) is 12.2. The summed E-state index contributed by atoms with van der Waals surface area (Å²) in [6, 6.07) is 14.7. The number of benzene rings is 2. The molecule has 0 radical (unpaired) electrons. The molecule has 0 unspecified atom stereocenters. The van der Waals surface area contributed by atoms with Crippen molar-refractivity contribution in [2.45, 2.75) is 39.9 Å². The number of carbonyl (C=O) groups is 1. The Labute approximate surface area is 157 Å². The van der Waals surface area contributed by atoms with Crippen molar-refractivity contribution in [2.24, 2.45) is 0 Å². The van der Waals surface area contributed by atoms with Crippen molar-refractivity contribution in [1.29, 1.82) is 0 Å². The van der Waals surface area contributed by atoms with Gasteiger partial charge in [0.05, 0.1) is 6.10 Å². The van der Waals surface area contributed by atoms with E-state index in [0.717, 1.165) is 16.5 Å². The number of aryl methyl sites for hydroxylation is 1. The summed E-state index contributed by atoms with van der Waals surface area (Å²) in [6.45, 7) is 7.00. The predicted octanol–water partition coefficient (Wildman–Crippen LogP) is 4.49. The van der Waals surface area contributed by atoms with Crippen LogP contribution in [0.25, 0.3) is 22.1 Å². The van der Waals surface area contributed by atoms with Gasteiger partial charge in [0, 0.05) is 17.0 Å². The molecular formula is C22H22O5. The van der Waals surface area contributed by atoms with E-state index < -0.39 is 17.7 Å². The lowest BCUT2D eigenvalue weighted by molar-refractivity contribution is -0.154. The number of carbonyl (C=O) groups excluding carboxylic acids is 1. The van der Waals surface area contributed by atoms with E-state index in [2.05, 4.69) is 0 Å². The zero-order valence-corrected chi connectivity index (χ0v) is 15.8. The van der Waals surface area contributed by atoms with E-state index >= 15 is 0 Å². The fourth-order valence-electron chi connectivity index (χ4n) is 2.89. The first-order valence-electron chi connectivity index (χ1n) is 8.87. The fraction of sp³-hybridized carbons (Fsp3) is 0.273. The van der Waals surface area contributed by atoms with E-state index in [9.17, 15) is 9.59 Å². The van der Waals surface area contributed by atoms with E-state index in [1.165, 1.54) is 6.07 Å². The van der Waals surface area contributed by atoms with Crippen LogP contribution in [-0.2, 0) is 9.53 Å². The Bertz CT molecular complexity index is 1020. The summed E-state index contributed by atoms with van der Waals surface area (Å²) in [4.78, 5) is 24.1. The third kappa shape index (κ3) is 4.03. The van der Waals surface area contributed by atoms with Crippen LogP contribution >= 0.6 is 0 Å². The van der Waals surface area contributed by atoms with Crippen molar-refractivity contribution < 1.29 is 18.7 Å². The molecule has 5 heteroatoms. The van der Waals surface area contributed by atoms with E-state index in [1.807, 2.05) is 36.4 Å². The average molecular weight is 366 g/mol. The van der Waals surface area contributed by atoms with Gasteiger partial charge in [-0.1, -0.05) is 30.3 Å². The molecule has 0 aliphatic carbocycles. The molecule has 1 heterocycles. The molecule has 0 spiro atoms. The Hall–Kier alpha value is -3.08. The Balaban J connectivity index is 2.03. The quantitative estimate of drug-likeness (QED) is 0.492. The van der Waals surface area contributed by atoms with Crippen LogP contribution in [0.2, 0.25) is 0 Å². The Morgan fingerprint density at radius 3 is 2.41 bits per heavy atom. The maximum absolute atomic E-state index is 12.1. The minimum Gasteiger partial charge on any atom is -0.479 e. The van der Waals surface area contributed by atoms with Crippen LogP contribution in [0.5, 0.6) is 5.75 Å². The minimum absolute atomic E-state index is 0.215. The Kier molecular flexibility index (Phi) is 5.31. The first-order valence-corrected chi connectivity index (χ1v) is 8.87. The van der Waals surface area contributed by atoms with E-state index in [0.29, 0.717) is 16.9 Å². The van der Waals surface area contributed by atoms with Crippen LogP contribution in [0.15, 0.2) is 57.7 Å². The van der Waals surface area contributed by atoms with Gasteiger partial charge in [-0.15, -0.1) is 0 Å². The van der Waals surface area contributed by atoms with Crippen LogP contribution in [-0.4, -0.2) is 18.2 Å². The summed E-state index contributed by atoms with van der Waals surface area (Å²) in [6.07, 6.45) is -0.986.